The Morgan fingerprint density at radius 2 is 1.92 bits per heavy atom. The molecule has 1 aliphatic rings. The third kappa shape index (κ3) is 4.43. The molecule has 2 heterocycles. The van der Waals surface area contributed by atoms with Gasteiger partial charge in [-0.15, -0.1) is 0 Å². The minimum absolute atomic E-state index is 0.116. The number of carbonyl (C=O) groups excluding carboxylic acids is 1. The lowest BCUT2D eigenvalue weighted by atomic mass is 10.1. The zero-order valence-corrected chi connectivity index (χ0v) is 16.0. The maximum Gasteiger partial charge on any atom is 0.227 e. The number of carbonyl (C=O) groups is 1. The van der Waals surface area contributed by atoms with E-state index in [1.165, 1.54) is 0 Å². The smallest absolute Gasteiger partial charge is 0.227 e. The van der Waals surface area contributed by atoms with Crippen LogP contribution in [0.1, 0.15) is 18.2 Å². The van der Waals surface area contributed by atoms with Gasteiger partial charge in [-0.3, -0.25) is 4.79 Å². The number of anilines is 2. The van der Waals surface area contributed by atoms with Gasteiger partial charge >= 0.3 is 0 Å². The lowest BCUT2D eigenvalue weighted by molar-refractivity contribution is -0.130. The topological polar surface area (TPSA) is 61.4 Å². The summed E-state index contributed by atoms with van der Waals surface area (Å²) in [6.07, 6.45) is 0.344. The molecule has 1 fully saturated rings. The van der Waals surface area contributed by atoms with E-state index in [1.807, 2.05) is 49.1 Å². The van der Waals surface area contributed by atoms with Crippen LogP contribution in [-0.4, -0.2) is 53.5 Å². The van der Waals surface area contributed by atoms with Crippen LogP contribution in [-0.2, 0) is 11.2 Å². The molecule has 3 rings (SSSR count). The molecule has 1 aromatic heterocycles. The molecule has 1 aromatic carbocycles. The Kier molecular flexibility index (Phi) is 5.93. The molecule has 0 radical (unpaired) electrons. The van der Waals surface area contributed by atoms with Gasteiger partial charge in [-0.05, 0) is 25.5 Å². The number of nitrogens with zero attached hydrogens (tertiary/aromatic N) is 4. The van der Waals surface area contributed by atoms with E-state index in [0.29, 0.717) is 30.5 Å². The van der Waals surface area contributed by atoms with Crippen molar-refractivity contribution in [2.75, 3.05) is 42.9 Å². The zero-order chi connectivity index (χ0) is 18.5. The summed E-state index contributed by atoms with van der Waals surface area (Å²) >= 11 is 6.17. The average molecular weight is 374 g/mol. The second-order valence-corrected chi connectivity index (χ2v) is 6.76. The Morgan fingerprint density at radius 3 is 2.62 bits per heavy atom. The number of hydrogen-bond donors (Lipinski definition) is 1. The van der Waals surface area contributed by atoms with E-state index in [0.717, 1.165) is 36.7 Å². The van der Waals surface area contributed by atoms with Crippen molar-refractivity contribution in [3.05, 3.63) is 46.6 Å². The summed E-state index contributed by atoms with van der Waals surface area (Å²) < 4.78 is 0. The highest BCUT2D eigenvalue weighted by atomic mass is 35.5. The fourth-order valence-electron chi connectivity index (χ4n) is 3.05. The second kappa shape index (κ2) is 8.36. The van der Waals surface area contributed by atoms with Crippen LogP contribution in [0, 0.1) is 6.92 Å². The van der Waals surface area contributed by atoms with Crippen molar-refractivity contribution in [3.63, 3.8) is 0 Å². The van der Waals surface area contributed by atoms with Crippen LogP contribution < -0.4 is 10.2 Å². The quantitative estimate of drug-likeness (QED) is 0.873. The number of benzene rings is 1. The molecular formula is C19H24ClN5O. The first-order valence-corrected chi connectivity index (χ1v) is 9.30. The summed E-state index contributed by atoms with van der Waals surface area (Å²) in [5, 5.41) is 3.81. The van der Waals surface area contributed by atoms with E-state index in [9.17, 15) is 4.79 Å². The van der Waals surface area contributed by atoms with Crippen LogP contribution >= 0.6 is 11.6 Å². The molecule has 1 amide bonds. The lowest BCUT2D eigenvalue weighted by Gasteiger charge is -2.35. The molecule has 0 spiro atoms. The van der Waals surface area contributed by atoms with Gasteiger partial charge in [-0.2, -0.15) is 4.98 Å². The monoisotopic (exact) mass is 373 g/mol. The number of nitrogens with one attached hydrogen (secondary N) is 1. The Hall–Kier alpha value is -2.34. The standard InChI is InChI=1S/C19H24ClN5O/c1-3-21-19-22-14(2)12-17(23-19)24-8-10-25(11-9-24)18(26)13-15-6-4-5-7-16(15)20/h4-7,12H,3,8-11,13H2,1-2H3,(H,21,22,23). The van der Waals surface area contributed by atoms with Crippen molar-refractivity contribution in [2.24, 2.45) is 0 Å². The number of aryl methyl sites for hydroxylation is 1. The molecule has 0 atom stereocenters. The molecule has 1 saturated heterocycles. The van der Waals surface area contributed by atoms with E-state index in [-0.39, 0.29) is 5.91 Å². The first kappa shape index (κ1) is 18.5. The zero-order valence-electron chi connectivity index (χ0n) is 15.2. The van der Waals surface area contributed by atoms with E-state index < -0.39 is 0 Å². The number of hydrogen-bond acceptors (Lipinski definition) is 5. The first-order valence-electron chi connectivity index (χ1n) is 8.92. The maximum absolute atomic E-state index is 12.6. The predicted octanol–water partition coefficient (Wildman–Crippen LogP) is 2.76. The largest absolute Gasteiger partial charge is 0.354 e. The number of halogens is 1. The van der Waals surface area contributed by atoms with Crippen LogP contribution in [0.3, 0.4) is 0 Å². The highest BCUT2D eigenvalue weighted by molar-refractivity contribution is 6.31. The summed E-state index contributed by atoms with van der Waals surface area (Å²) in [4.78, 5) is 25.6. The Morgan fingerprint density at radius 1 is 1.19 bits per heavy atom. The van der Waals surface area contributed by atoms with Gasteiger partial charge in [0.1, 0.15) is 5.82 Å². The second-order valence-electron chi connectivity index (χ2n) is 6.36. The third-order valence-corrected chi connectivity index (χ3v) is 4.80. The minimum Gasteiger partial charge on any atom is -0.354 e. The van der Waals surface area contributed by atoms with Crippen LogP contribution in [0.25, 0.3) is 0 Å². The summed E-state index contributed by atoms with van der Waals surface area (Å²) in [5.74, 6) is 1.68. The SMILES string of the molecule is CCNc1nc(C)cc(N2CCN(C(=O)Cc3ccccc3Cl)CC2)n1. The van der Waals surface area contributed by atoms with Crippen molar-refractivity contribution in [1.29, 1.82) is 0 Å². The fourth-order valence-corrected chi connectivity index (χ4v) is 3.26. The van der Waals surface area contributed by atoms with E-state index >= 15 is 0 Å². The third-order valence-electron chi connectivity index (χ3n) is 4.43. The van der Waals surface area contributed by atoms with Crippen molar-refractivity contribution in [1.82, 2.24) is 14.9 Å². The van der Waals surface area contributed by atoms with E-state index in [2.05, 4.69) is 20.2 Å². The van der Waals surface area contributed by atoms with Crippen molar-refractivity contribution >= 4 is 29.3 Å². The first-order chi connectivity index (χ1) is 12.6. The highest BCUT2D eigenvalue weighted by Gasteiger charge is 2.23. The van der Waals surface area contributed by atoms with Gasteiger partial charge in [0.15, 0.2) is 0 Å². The molecule has 1 aliphatic heterocycles. The molecule has 0 aliphatic carbocycles. The molecule has 6 nitrogen and oxygen atoms in total. The fraction of sp³-hybridized carbons (Fsp3) is 0.421. The summed E-state index contributed by atoms with van der Waals surface area (Å²) in [7, 11) is 0. The Balaban J connectivity index is 1.60. The van der Waals surface area contributed by atoms with Crippen LogP contribution in [0.4, 0.5) is 11.8 Å². The van der Waals surface area contributed by atoms with Crippen LogP contribution in [0.5, 0.6) is 0 Å². The van der Waals surface area contributed by atoms with Crippen molar-refractivity contribution in [3.8, 4) is 0 Å². The average Bonchev–Trinajstić information content (AvgIpc) is 2.63. The highest BCUT2D eigenvalue weighted by Crippen LogP contribution is 2.19. The molecule has 1 N–H and O–H groups in total. The number of rotatable bonds is 5. The van der Waals surface area contributed by atoms with Gasteiger partial charge in [-0.25, -0.2) is 4.98 Å². The molecule has 2 aromatic rings. The number of piperazine rings is 1. The van der Waals surface area contributed by atoms with E-state index in [4.69, 9.17) is 11.6 Å². The van der Waals surface area contributed by atoms with Crippen molar-refractivity contribution < 1.29 is 4.79 Å². The summed E-state index contributed by atoms with van der Waals surface area (Å²) in [6, 6.07) is 9.50. The number of aromatic nitrogens is 2. The minimum atomic E-state index is 0.116. The summed E-state index contributed by atoms with van der Waals surface area (Å²) in [5.41, 5.74) is 1.81. The molecule has 26 heavy (non-hydrogen) atoms. The molecule has 0 saturated carbocycles. The van der Waals surface area contributed by atoms with Crippen molar-refractivity contribution in [2.45, 2.75) is 20.3 Å². The van der Waals surface area contributed by atoms with Gasteiger partial charge in [0.25, 0.3) is 0 Å². The summed E-state index contributed by atoms with van der Waals surface area (Å²) in [6.45, 7) is 7.66. The maximum atomic E-state index is 12.6. The van der Waals surface area contributed by atoms with Gasteiger partial charge in [0, 0.05) is 49.5 Å². The van der Waals surface area contributed by atoms with Gasteiger partial charge < -0.3 is 15.1 Å². The molecule has 0 unspecified atom stereocenters. The van der Waals surface area contributed by atoms with Gasteiger partial charge in [-0.1, -0.05) is 29.8 Å². The Bertz CT molecular complexity index is 774. The normalized spacial score (nSPS) is 14.4. The van der Waals surface area contributed by atoms with Gasteiger partial charge in [0.2, 0.25) is 11.9 Å². The van der Waals surface area contributed by atoms with Crippen LogP contribution in [0.15, 0.2) is 30.3 Å². The van der Waals surface area contributed by atoms with E-state index in [1.54, 1.807) is 0 Å². The molecule has 7 heteroatoms. The molecular weight excluding hydrogens is 350 g/mol. The lowest BCUT2D eigenvalue weighted by Crippen LogP contribution is -2.49. The Labute approximate surface area is 159 Å². The van der Waals surface area contributed by atoms with Gasteiger partial charge in [0.05, 0.1) is 6.42 Å². The molecule has 138 valence electrons. The predicted molar refractivity (Wildman–Crippen MR) is 105 cm³/mol. The number of amides is 1. The van der Waals surface area contributed by atoms with Crippen LogP contribution in [0.2, 0.25) is 5.02 Å². The molecule has 0 bridgehead atoms.